The molecule has 0 N–H and O–H groups in total. The molecule has 6 nitrogen and oxygen atoms in total. The molecule has 0 aliphatic carbocycles. The van der Waals surface area contributed by atoms with E-state index in [1.54, 1.807) is 0 Å². The summed E-state index contributed by atoms with van der Waals surface area (Å²) in [6, 6.07) is 21.0. The van der Waals surface area contributed by atoms with E-state index in [0.717, 1.165) is 39.0 Å². The van der Waals surface area contributed by atoms with Crippen LogP contribution >= 0.6 is 0 Å². The first-order valence-corrected chi connectivity index (χ1v) is 10.3. The molecule has 0 saturated heterocycles. The molecule has 0 bridgehead atoms. The Morgan fingerprint density at radius 1 is 0.690 bits per heavy atom. The van der Waals surface area contributed by atoms with Crippen molar-refractivity contribution in [2.75, 3.05) is 0 Å². The SMILES string of the molecule is c1ccc(C[n+]2cc3n(n2)CC2(C3)Cc3c[n+](Cc4ccccc4)nn3C2)cc1. The molecule has 6 rings (SSSR count). The fourth-order valence-electron chi connectivity index (χ4n) is 4.90. The number of benzene rings is 2. The molecule has 0 unspecified atom stereocenters. The van der Waals surface area contributed by atoms with Crippen LogP contribution in [0.1, 0.15) is 22.5 Å². The van der Waals surface area contributed by atoms with Gasteiger partial charge in [-0.15, -0.1) is 18.7 Å². The second-order valence-electron chi connectivity index (χ2n) is 8.55. The third-order valence-corrected chi connectivity index (χ3v) is 6.16. The quantitative estimate of drug-likeness (QED) is 0.501. The van der Waals surface area contributed by atoms with Crippen LogP contribution < -0.4 is 9.36 Å². The monoisotopic (exact) mass is 384 g/mol. The second kappa shape index (κ2) is 6.37. The summed E-state index contributed by atoms with van der Waals surface area (Å²) in [5, 5.41) is 9.65. The standard InChI is InChI=1S/C23H24N6/c1-3-7-19(8-4-1)13-26-15-21-11-23(17-28(21)24-26)12-22-16-27(25-29(22)18-23)14-20-9-5-2-6-10-20/h1-10,15-16H,11-14,17-18H2/q+2. The average Bonchev–Trinajstić information content (AvgIpc) is 3.42. The van der Waals surface area contributed by atoms with E-state index in [-0.39, 0.29) is 5.41 Å². The molecule has 0 saturated carbocycles. The highest BCUT2D eigenvalue weighted by Crippen LogP contribution is 2.40. The van der Waals surface area contributed by atoms with Crippen molar-refractivity contribution in [2.45, 2.75) is 39.0 Å². The van der Waals surface area contributed by atoms with Gasteiger partial charge in [0.2, 0.25) is 0 Å². The molecular formula is C23H24N6+2. The maximum absolute atomic E-state index is 4.82. The van der Waals surface area contributed by atoms with E-state index in [9.17, 15) is 0 Å². The normalized spacial score (nSPS) is 16.3. The Bertz CT molecular complexity index is 1010. The van der Waals surface area contributed by atoms with Crippen molar-refractivity contribution in [3.05, 3.63) is 95.6 Å². The molecule has 0 radical (unpaired) electrons. The Morgan fingerprint density at radius 2 is 1.14 bits per heavy atom. The zero-order valence-electron chi connectivity index (χ0n) is 16.4. The highest BCUT2D eigenvalue weighted by Gasteiger charge is 2.51. The molecule has 2 aromatic carbocycles. The molecule has 29 heavy (non-hydrogen) atoms. The highest BCUT2D eigenvalue weighted by molar-refractivity contribution is 5.16. The van der Waals surface area contributed by atoms with Crippen LogP contribution in [0, 0.1) is 5.41 Å². The fraction of sp³-hybridized carbons (Fsp3) is 0.304. The van der Waals surface area contributed by atoms with Gasteiger partial charge < -0.3 is 0 Å². The summed E-state index contributed by atoms with van der Waals surface area (Å²) in [7, 11) is 0. The molecule has 0 fully saturated rings. The first kappa shape index (κ1) is 16.7. The van der Waals surface area contributed by atoms with E-state index < -0.39 is 0 Å². The minimum atomic E-state index is 0.238. The summed E-state index contributed by atoms with van der Waals surface area (Å²) in [6.07, 6.45) is 6.59. The number of rotatable bonds is 4. The van der Waals surface area contributed by atoms with Crippen molar-refractivity contribution in [3.63, 3.8) is 0 Å². The highest BCUT2D eigenvalue weighted by atomic mass is 15.5. The molecule has 2 aromatic heterocycles. The van der Waals surface area contributed by atoms with E-state index in [2.05, 4.69) is 91.8 Å². The average molecular weight is 384 g/mol. The largest absolute Gasteiger partial charge is 0.168 e. The van der Waals surface area contributed by atoms with E-state index in [1.807, 2.05) is 0 Å². The molecular weight excluding hydrogens is 360 g/mol. The lowest BCUT2D eigenvalue weighted by atomic mass is 9.84. The van der Waals surface area contributed by atoms with E-state index >= 15 is 0 Å². The molecule has 4 heterocycles. The van der Waals surface area contributed by atoms with Crippen LogP contribution in [0.3, 0.4) is 0 Å². The van der Waals surface area contributed by atoms with Crippen LogP contribution in [-0.2, 0) is 39.0 Å². The Balaban J connectivity index is 1.15. The molecule has 0 atom stereocenters. The van der Waals surface area contributed by atoms with Gasteiger partial charge in [0, 0.05) is 12.8 Å². The lowest BCUT2D eigenvalue weighted by Gasteiger charge is -2.14. The topological polar surface area (TPSA) is 43.4 Å². The first-order chi connectivity index (χ1) is 14.2. The van der Waals surface area contributed by atoms with Gasteiger partial charge in [-0.3, -0.25) is 0 Å². The van der Waals surface area contributed by atoms with Crippen molar-refractivity contribution in [1.29, 1.82) is 0 Å². The zero-order valence-corrected chi connectivity index (χ0v) is 16.4. The zero-order chi connectivity index (χ0) is 19.3. The van der Waals surface area contributed by atoms with Crippen LogP contribution in [0.4, 0.5) is 0 Å². The molecule has 2 aliphatic heterocycles. The van der Waals surface area contributed by atoms with Gasteiger partial charge in [-0.2, -0.15) is 0 Å². The van der Waals surface area contributed by atoms with Gasteiger partial charge in [0.05, 0.1) is 15.8 Å². The number of aromatic nitrogens is 6. The Kier molecular flexibility index (Phi) is 3.66. The van der Waals surface area contributed by atoms with E-state index in [0.29, 0.717) is 0 Å². The van der Waals surface area contributed by atoms with Crippen molar-refractivity contribution < 1.29 is 9.36 Å². The van der Waals surface area contributed by atoms with Crippen LogP contribution in [-0.4, -0.2) is 19.8 Å². The first-order valence-electron chi connectivity index (χ1n) is 10.3. The minimum absolute atomic E-state index is 0.238. The van der Waals surface area contributed by atoms with E-state index in [1.165, 1.54) is 22.5 Å². The summed E-state index contributed by atoms with van der Waals surface area (Å²) in [4.78, 5) is 0. The number of hydrogen-bond acceptors (Lipinski definition) is 2. The van der Waals surface area contributed by atoms with Crippen LogP contribution in [0.15, 0.2) is 73.1 Å². The van der Waals surface area contributed by atoms with Crippen LogP contribution in [0.25, 0.3) is 0 Å². The van der Waals surface area contributed by atoms with Gasteiger partial charge in [0.1, 0.15) is 26.2 Å². The van der Waals surface area contributed by atoms with E-state index in [4.69, 9.17) is 10.4 Å². The van der Waals surface area contributed by atoms with Gasteiger partial charge in [0.15, 0.2) is 23.8 Å². The number of fused-ring (bicyclic) bond motifs is 2. The van der Waals surface area contributed by atoms with Crippen molar-refractivity contribution in [2.24, 2.45) is 5.41 Å². The predicted octanol–water partition coefficient (Wildman–Crippen LogP) is 1.55. The Labute approximate surface area is 169 Å². The summed E-state index contributed by atoms with van der Waals surface area (Å²) >= 11 is 0. The van der Waals surface area contributed by atoms with Gasteiger partial charge in [0.25, 0.3) is 0 Å². The summed E-state index contributed by atoms with van der Waals surface area (Å²) in [5.41, 5.74) is 5.48. The smallest absolute Gasteiger partial charge is 0.134 e. The maximum Gasteiger partial charge on any atom is 0.168 e. The van der Waals surface area contributed by atoms with Gasteiger partial charge >= 0.3 is 0 Å². The van der Waals surface area contributed by atoms with Gasteiger partial charge in [-0.25, -0.2) is 0 Å². The number of nitrogens with zero attached hydrogens (tertiary/aromatic N) is 6. The Hall–Kier alpha value is -3.28. The molecule has 0 amide bonds. The maximum atomic E-state index is 4.82. The van der Waals surface area contributed by atoms with Gasteiger partial charge in [-0.05, 0) is 11.1 Å². The lowest BCUT2D eigenvalue weighted by molar-refractivity contribution is -0.748. The minimum Gasteiger partial charge on any atom is -0.134 e. The molecule has 1 spiro atoms. The summed E-state index contributed by atoms with van der Waals surface area (Å²) in [6.45, 7) is 3.61. The number of hydrogen-bond donors (Lipinski definition) is 0. The predicted molar refractivity (Wildman–Crippen MR) is 106 cm³/mol. The lowest BCUT2D eigenvalue weighted by Crippen LogP contribution is -2.39. The summed E-state index contributed by atoms with van der Waals surface area (Å²) < 4.78 is 8.54. The van der Waals surface area contributed by atoms with Crippen LogP contribution in [0.5, 0.6) is 0 Å². The molecule has 6 heteroatoms. The van der Waals surface area contributed by atoms with Gasteiger partial charge in [-0.1, -0.05) is 60.7 Å². The fourth-order valence-corrected chi connectivity index (χ4v) is 4.90. The second-order valence-corrected chi connectivity index (χ2v) is 8.55. The molecule has 144 valence electrons. The summed E-state index contributed by atoms with van der Waals surface area (Å²) in [5.74, 6) is 0. The van der Waals surface area contributed by atoms with Crippen molar-refractivity contribution in [3.8, 4) is 0 Å². The third kappa shape index (κ3) is 3.05. The molecule has 4 aromatic rings. The molecule has 2 aliphatic rings. The van der Waals surface area contributed by atoms with Crippen LogP contribution in [0.2, 0.25) is 0 Å². The third-order valence-electron chi connectivity index (χ3n) is 6.16. The van der Waals surface area contributed by atoms with Crippen molar-refractivity contribution in [1.82, 2.24) is 19.8 Å². The Morgan fingerprint density at radius 3 is 1.55 bits per heavy atom. The van der Waals surface area contributed by atoms with Crippen molar-refractivity contribution >= 4 is 0 Å².